The largest absolute Gasteiger partial charge is 0.382 e. The molecular weight excluding hydrogens is 518 g/mol. The lowest BCUT2D eigenvalue weighted by molar-refractivity contribution is 0.0556. The number of carbonyl (C=O) groups is 1. The minimum absolute atomic E-state index is 0.0112. The molecule has 2 fully saturated rings. The number of pyridine rings is 1. The molecule has 0 aliphatic carbocycles. The van der Waals surface area contributed by atoms with Crippen LogP contribution in [-0.4, -0.2) is 72.3 Å². The summed E-state index contributed by atoms with van der Waals surface area (Å²) in [4.78, 5) is 28.6. The molecule has 13 heteroatoms. The van der Waals surface area contributed by atoms with Crippen LogP contribution in [-0.2, 0) is 16.3 Å². The van der Waals surface area contributed by atoms with Crippen molar-refractivity contribution in [3.63, 3.8) is 0 Å². The molecule has 12 nitrogen and oxygen atoms in total. The van der Waals surface area contributed by atoms with Crippen LogP contribution >= 0.6 is 0 Å². The Balaban J connectivity index is 1.40. The van der Waals surface area contributed by atoms with Crippen molar-refractivity contribution in [2.75, 3.05) is 12.0 Å². The number of H-pyrrole nitrogens is 1. The number of amides is 1. The summed E-state index contributed by atoms with van der Waals surface area (Å²) < 4.78 is 27.4. The topological polar surface area (TPSA) is 165 Å². The standard InChI is InChI=1S/C26H31N9O3S/c1-3-4-5-17-7-6-15(12-28-17)20-13-31-35-23(27)22(39(2,37)38)21(32-25(20)35)16-10-18-8-9-19(11-16)34(18)26(36)24-29-14-30-33-24/h6-7,12-14,16,18-19H,3-5,8-11,27H2,1-2H3,(H,29,30,33)/t16?,18-,19+. The SMILES string of the molecule is CCCCc1ccc(-c2cnn3c(N)c(S(C)(=O)=O)c(C4C[C@H]5CC[C@@H](C4)N5C(=O)c4ncn[nH]4)nc23)cn1. The van der Waals surface area contributed by atoms with Gasteiger partial charge in [0.1, 0.15) is 17.0 Å². The van der Waals surface area contributed by atoms with Crippen LogP contribution < -0.4 is 5.73 Å². The number of nitrogens with one attached hydrogen (secondary N) is 1. The van der Waals surface area contributed by atoms with Crippen molar-refractivity contribution >= 4 is 27.2 Å². The summed E-state index contributed by atoms with van der Waals surface area (Å²) in [5, 5.41) is 10.9. The number of anilines is 1. The van der Waals surface area contributed by atoms with Gasteiger partial charge in [-0.15, -0.1) is 0 Å². The average molecular weight is 550 g/mol. The Kier molecular flexibility index (Phi) is 6.32. The number of aromatic nitrogens is 7. The highest BCUT2D eigenvalue weighted by atomic mass is 32.2. The van der Waals surface area contributed by atoms with E-state index in [1.165, 1.54) is 10.8 Å². The van der Waals surface area contributed by atoms with Crippen LogP contribution in [0.3, 0.4) is 0 Å². The fourth-order valence-electron chi connectivity index (χ4n) is 6.13. The molecule has 3 atom stereocenters. The molecule has 39 heavy (non-hydrogen) atoms. The number of unbranched alkanes of at least 4 members (excludes halogenated alkanes) is 1. The van der Waals surface area contributed by atoms with Crippen molar-refractivity contribution in [3.05, 3.63) is 48.1 Å². The minimum Gasteiger partial charge on any atom is -0.382 e. The number of hydrogen-bond acceptors (Lipinski definition) is 9. The van der Waals surface area contributed by atoms with E-state index in [1.807, 2.05) is 17.0 Å². The quantitative estimate of drug-likeness (QED) is 0.352. The molecule has 1 amide bonds. The number of aryl methyl sites for hydroxylation is 1. The van der Waals surface area contributed by atoms with E-state index in [1.54, 1.807) is 12.4 Å². The monoisotopic (exact) mass is 549 g/mol. The lowest BCUT2D eigenvalue weighted by Gasteiger charge is -2.38. The van der Waals surface area contributed by atoms with Gasteiger partial charge in [0.15, 0.2) is 15.5 Å². The van der Waals surface area contributed by atoms with Gasteiger partial charge in [0.05, 0.1) is 11.9 Å². The molecule has 6 heterocycles. The third-order valence-electron chi connectivity index (χ3n) is 7.93. The molecule has 3 N–H and O–H groups in total. The summed E-state index contributed by atoms with van der Waals surface area (Å²) in [7, 11) is -3.72. The zero-order chi connectivity index (χ0) is 27.3. The first-order valence-electron chi connectivity index (χ1n) is 13.3. The predicted octanol–water partition coefficient (Wildman–Crippen LogP) is 2.79. The molecule has 6 rings (SSSR count). The first-order valence-corrected chi connectivity index (χ1v) is 15.2. The van der Waals surface area contributed by atoms with Crippen molar-refractivity contribution in [2.24, 2.45) is 0 Å². The van der Waals surface area contributed by atoms with Crippen LogP contribution in [0.15, 0.2) is 35.7 Å². The molecule has 4 aromatic rings. The van der Waals surface area contributed by atoms with Gasteiger partial charge in [-0.1, -0.05) is 19.4 Å². The van der Waals surface area contributed by atoms with Gasteiger partial charge in [-0.05, 0) is 44.6 Å². The highest BCUT2D eigenvalue weighted by molar-refractivity contribution is 7.91. The summed E-state index contributed by atoms with van der Waals surface area (Å²) in [5.74, 6) is -0.110. The predicted molar refractivity (Wildman–Crippen MR) is 144 cm³/mol. The Morgan fingerprint density at radius 3 is 2.54 bits per heavy atom. The second-order valence-corrected chi connectivity index (χ2v) is 12.5. The van der Waals surface area contributed by atoms with E-state index < -0.39 is 9.84 Å². The van der Waals surface area contributed by atoms with Gasteiger partial charge in [0.2, 0.25) is 5.82 Å². The number of piperidine rings is 1. The maximum atomic E-state index is 13.1. The highest BCUT2D eigenvalue weighted by Gasteiger charge is 2.46. The zero-order valence-corrected chi connectivity index (χ0v) is 22.7. The summed E-state index contributed by atoms with van der Waals surface area (Å²) in [6.45, 7) is 2.15. The van der Waals surface area contributed by atoms with Gasteiger partial charge < -0.3 is 10.6 Å². The highest BCUT2D eigenvalue weighted by Crippen LogP contribution is 2.45. The molecule has 0 radical (unpaired) electrons. The van der Waals surface area contributed by atoms with Crippen LogP contribution in [0, 0.1) is 0 Å². The van der Waals surface area contributed by atoms with Crippen LogP contribution in [0.4, 0.5) is 5.82 Å². The van der Waals surface area contributed by atoms with E-state index in [4.69, 9.17) is 10.7 Å². The number of aromatic amines is 1. The Morgan fingerprint density at radius 2 is 1.92 bits per heavy atom. The molecule has 1 unspecified atom stereocenters. The number of fused-ring (bicyclic) bond motifs is 3. The van der Waals surface area contributed by atoms with Crippen LogP contribution in [0.5, 0.6) is 0 Å². The molecular formula is C26H31N9O3S. The maximum Gasteiger partial charge on any atom is 0.291 e. The third kappa shape index (κ3) is 4.44. The second kappa shape index (κ2) is 9.70. The van der Waals surface area contributed by atoms with Gasteiger partial charge in [-0.2, -0.15) is 14.7 Å². The van der Waals surface area contributed by atoms with E-state index in [9.17, 15) is 13.2 Å². The number of sulfone groups is 1. The molecule has 204 valence electrons. The number of nitrogen functional groups attached to an aromatic ring is 1. The normalized spacial score (nSPS) is 21.1. The molecule has 0 saturated carbocycles. The van der Waals surface area contributed by atoms with E-state index in [2.05, 4.69) is 32.2 Å². The summed E-state index contributed by atoms with van der Waals surface area (Å²) in [6, 6.07) is 3.89. The number of nitrogens with zero attached hydrogens (tertiary/aromatic N) is 7. The molecule has 2 saturated heterocycles. The Labute approximate surface area is 226 Å². The number of rotatable bonds is 7. The zero-order valence-electron chi connectivity index (χ0n) is 21.9. The molecule has 4 aromatic heterocycles. The molecule has 2 bridgehead atoms. The van der Waals surface area contributed by atoms with Gasteiger partial charge in [0, 0.05) is 47.3 Å². The van der Waals surface area contributed by atoms with Crippen LogP contribution in [0.25, 0.3) is 16.8 Å². The Hall–Kier alpha value is -3.87. The first kappa shape index (κ1) is 25.4. The van der Waals surface area contributed by atoms with Crippen molar-refractivity contribution < 1.29 is 13.2 Å². The number of hydrogen-bond donors (Lipinski definition) is 2. The van der Waals surface area contributed by atoms with Gasteiger partial charge >= 0.3 is 0 Å². The first-order chi connectivity index (χ1) is 18.8. The Bertz CT molecular complexity index is 1620. The summed E-state index contributed by atoms with van der Waals surface area (Å²) in [6.07, 6.45) is 11.8. The maximum absolute atomic E-state index is 13.1. The summed E-state index contributed by atoms with van der Waals surface area (Å²) in [5.41, 5.74) is 10.0. The second-order valence-electron chi connectivity index (χ2n) is 10.5. The molecule has 0 aromatic carbocycles. The van der Waals surface area contributed by atoms with Crippen LogP contribution in [0.1, 0.15) is 73.4 Å². The van der Waals surface area contributed by atoms with Gasteiger partial charge in [-0.3, -0.25) is 14.9 Å². The molecule has 2 aliphatic rings. The molecule has 2 aliphatic heterocycles. The smallest absolute Gasteiger partial charge is 0.291 e. The van der Waals surface area contributed by atoms with E-state index in [0.29, 0.717) is 24.2 Å². The summed E-state index contributed by atoms with van der Waals surface area (Å²) >= 11 is 0. The van der Waals surface area contributed by atoms with Crippen molar-refractivity contribution in [2.45, 2.75) is 74.8 Å². The fraction of sp³-hybridized carbons (Fsp3) is 0.462. The van der Waals surface area contributed by atoms with E-state index >= 15 is 0 Å². The lowest BCUT2D eigenvalue weighted by Crippen LogP contribution is -2.46. The van der Waals surface area contributed by atoms with E-state index in [0.717, 1.165) is 55.2 Å². The Morgan fingerprint density at radius 1 is 1.15 bits per heavy atom. The van der Waals surface area contributed by atoms with Gasteiger partial charge in [0.25, 0.3) is 5.91 Å². The number of carbonyl (C=O) groups excluding carboxylic acids is 1. The van der Waals surface area contributed by atoms with Crippen molar-refractivity contribution in [1.82, 2.24) is 39.7 Å². The number of nitrogens with two attached hydrogens (primary N) is 1. The lowest BCUT2D eigenvalue weighted by atomic mass is 9.87. The molecule has 0 spiro atoms. The van der Waals surface area contributed by atoms with Crippen molar-refractivity contribution in [3.8, 4) is 11.1 Å². The fourth-order valence-corrected chi connectivity index (χ4v) is 7.19. The minimum atomic E-state index is -3.72. The van der Waals surface area contributed by atoms with E-state index in [-0.39, 0.29) is 40.4 Å². The third-order valence-corrected chi connectivity index (χ3v) is 9.09. The van der Waals surface area contributed by atoms with Gasteiger partial charge in [-0.25, -0.2) is 18.4 Å². The van der Waals surface area contributed by atoms with Crippen molar-refractivity contribution in [1.29, 1.82) is 0 Å². The average Bonchev–Trinajstić information content (AvgIpc) is 3.65. The van der Waals surface area contributed by atoms with Crippen LogP contribution in [0.2, 0.25) is 0 Å².